The zero-order valence-corrected chi connectivity index (χ0v) is 13.3. The monoisotopic (exact) mass is 342 g/mol. The van der Waals surface area contributed by atoms with Gasteiger partial charge in [-0.1, -0.05) is 24.6 Å². The van der Waals surface area contributed by atoms with Crippen LogP contribution < -0.4 is 10.6 Å². The fraction of sp³-hybridized carbons (Fsp3) is 0.588. The standard InChI is InChI=1S/C17H21F3N2O2/c18-17(19,20)13-4-1-3-12(9-13)16(5-2-6-16)11-22-15(23)14-10-24-8-7-21-14/h1,3-4,9,14,21H,2,5-8,10-11H2,(H,22,23). The summed E-state index contributed by atoms with van der Waals surface area (Å²) in [7, 11) is 0. The molecule has 7 heteroatoms. The number of ether oxygens (including phenoxy) is 1. The van der Waals surface area contributed by atoms with E-state index in [9.17, 15) is 18.0 Å². The van der Waals surface area contributed by atoms with Crippen LogP contribution >= 0.6 is 0 Å². The summed E-state index contributed by atoms with van der Waals surface area (Å²) < 4.78 is 44.1. The smallest absolute Gasteiger partial charge is 0.378 e. The first kappa shape index (κ1) is 17.2. The van der Waals surface area contributed by atoms with E-state index >= 15 is 0 Å². The quantitative estimate of drug-likeness (QED) is 0.882. The Labute approximate surface area is 138 Å². The number of hydrogen-bond donors (Lipinski definition) is 2. The van der Waals surface area contributed by atoms with Gasteiger partial charge in [0.05, 0.1) is 18.8 Å². The van der Waals surface area contributed by atoms with Gasteiger partial charge in [-0.25, -0.2) is 0 Å². The molecule has 1 aromatic carbocycles. The normalized spacial score (nSPS) is 23.4. The highest BCUT2D eigenvalue weighted by molar-refractivity contribution is 5.82. The Morgan fingerprint density at radius 1 is 1.38 bits per heavy atom. The largest absolute Gasteiger partial charge is 0.416 e. The van der Waals surface area contributed by atoms with Crippen molar-refractivity contribution in [1.29, 1.82) is 0 Å². The highest BCUT2D eigenvalue weighted by Crippen LogP contribution is 2.44. The van der Waals surface area contributed by atoms with E-state index in [1.165, 1.54) is 12.1 Å². The van der Waals surface area contributed by atoms with Crippen LogP contribution in [0.1, 0.15) is 30.4 Å². The Morgan fingerprint density at radius 3 is 2.75 bits per heavy atom. The van der Waals surface area contributed by atoms with Crippen LogP contribution in [0.2, 0.25) is 0 Å². The summed E-state index contributed by atoms with van der Waals surface area (Å²) in [6.07, 6.45) is -1.84. The first-order chi connectivity index (χ1) is 11.4. The number of hydrogen-bond acceptors (Lipinski definition) is 3. The van der Waals surface area contributed by atoms with Gasteiger partial charge in [0.15, 0.2) is 0 Å². The van der Waals surface area contributed by atoms with Crippen LogP contribution in [-0.4, -0.2) is 38.3 Å². The summed E-state index contributed by atoms with van der Waals surface area (Å²) >= 11 is 0. The van der Waals surface area contributed by atoms with Gasteiger partial charge in [0.1, 0.15) is 6.04 Å². The maximum atomic E-state index is 12.9. The second-order valence-electron chi connectivity index (χ2n) is 6.51. The van der Waals surface area contributed by atoms with Crippen molar-refractivity contribution in [2.75, 3.05) is 26.3 Å². The van der Waals surface area contributed by atoms with Crippen LogP contribution in [0.5, 0.6) is 0 Å². The van der Waals surface area contributed by atoms with Crippen molar-refractivity contribution < 1.29 is 22.7 Å². The number of morpholine rings is 1. The maximum Gasteiger partial charge on any atom is 0.416 e. The first-order valence-electron chi connectivity index (χ1n) is 8.17. The van der Waals surface area contributed by atoms with Crippen LogP contribution in [0.25, 0.3) is 0 Å². The van der Waals surface area contributed by atoms with Crippen LogP contribution in [-0.2, 0) is 21.1 Å². The molecule has 1 amide bonds. The Bertz CT molecular complexity index is 594. The molecule has 0 radical (unpaired) electrons. The van der Waals surface area contributed by atoms with Crippen molar-refractivity contribution in [3.8, 4) is 0 Å². The molecule has 1 aliphatic carbocycles. The van der Waals surface area contributed by atoms with Crippen molar-refractivity contribution in [2.45, 2.75) is 36.9 Å². The molecule has 1 aromatic rings. The lowest BCUT2D eigenvalue weighted by Gasteiger charge is -2.43. The van der Waals surface area contributed by atoms with Crippen molar-refractivity contribution in [1.82, 2.24) is 10.6 Å². The number of carbonyl (C=O) groups excluding carboxylic acids is 1. The molecule has 0 aromatic heterocycles. The number of rotatable bonds is 4. The van der Waals surface area contributed by atoms with Gasteiger partial charge in [-0.15, -0.1) is 0 Å². The second kappa shape index (κ2) is 6.72. The van der Waals surface area contributed by atoms with Crippen LogP contribution in [0.15, 0.2) is 24.3 Å². The van der Waals surface area contributed by atoms with E-state index in [1.807, 2.05) is 0 Å². The van der Waals surface area contributed by atoms with E-state index < -0.39 is 23.2 Å². The molecule has 2 N–H and O–H groups in total. The zero-order chi connectivity index (χ0) is 17.2. The summed E-state index contributed by atoms with van der Waals surface area (Å²) in [5.41, 5.74) is -0.386. The number of alkyl halides is 3. The summed E-state index contributed by atoms with van der Waals surface area (Å²) in [5.74, 6) is -0.159. The minimum Gasteiger partial charge on any atom is -0.378 e. The molecule has 0 bridgehead atoms. The summed E-state index contributed by atoms with van der Waals surface area (Å²) in [4.78, 5) is 12.2. The lowest BCUT2D eigenvalue weighted by Crippen LogP contribution is -2.54. The SMILES string of the molecule is O=C(NCC1(c2cccc(C(F)(F)F)c2)CCC1)C1COCCN1. The highest BCUT2D eigenvalue weighted by Gasteiger charge is 2.41. The molecule has 4 nitrogen and oxygen atoms in total. The number of benzene rings is 1. The molecule has 0 spiro atoms. The van der Waals surface area contributed by atoms with Gasteiger partial charge in [0, 0.05) is 18.5 Å². The lowest BCUT2D eigenvalue weighted by molar-refractivity contribution is -0.137. The van der Waals surface area contributed by atoms with E-state index in [0.717, 1.165) is 25.3 Å². The van der Waals surface area contributed by atoms with Gasteiger partial charge in [0.2, 0.25) is 5.91 Å². The Kier molecular flexibility index (Phi) is 4.83. The number of halogens is 3. The highest BCUT2D eigenvalue weighted by atomic mass is 19.4. The molecule has 1 atom stereocenters. The first-order valence-corrected chi connectivity index (χ1v) is 8.17. The molecule has 132 valence electrons. The van der Waals surface area contributed by atoms with Gasteiger partial charge < -0.3 is 15.4 Å². The lowest BCUT2D eigenvalue weighted by atomic mass is 9.64. The van der Waals surface area contributed by atoms with Gasteiger partial charge in [-0.3, -0.25) is 4.79 Å². The van der Waals surface area contributed by atoms with Crippen LogP contribution in [0, 0.1) is 0 Å². The molecule has 1 saturated heterocycles. The van der Waals surface area contributed by atoms with Gasteiger partial charge in [-0.2, -0.15) is 13.2 Å². The molecular formula is C17H21F3N2O2. The minimum absolute atomic E-state index is 0.159. The Balaban J connectivity index is 1.69. The van der Waals surface area contributed by atoms with E-state index in [4.69, 9.17) is 4.74 Å². The third-order valence-corrected chi connectivity index (χ3v) is 4.95. The summed E-state index contributed by atoms with van der Waals surface area (Å²) in [6.45, 7) is 1.88. The van der Waals surface area contributed by atoms with E-state index in [-0.39, 0.29) is 5.91 Å². The zero-order valence-electron chi connectivity index (χ0n) is 13.3. The average Bonchev–Trinajstić information content (AvgIpc) is 2.54. The Hall–Kier alpha value is -1.60. The van der Waals surface area contributed by atoms with Crippen molar-refractivity contribution in [2.24, 2.45) is 0 Å². The van der Waals surface area contributed by atoms with Gasteiger partial charge >= 0.3 is 6.18 Å². The second-order valence-corrected chi connectivity index (χ2v) is 6.51. The predicted molar refractivity (Wildman–Crippen MR) is 82.6 cm³/mol. The topological polar surface area (TPSA) is 50.4 Å². The third-order valence-electron chi connectivity index (χ3n) is 4.95. The third kappa shape index (κ3) is 3.57. The number of nitrogens with one attached hydrogen (secondary N) is 2. The van der Waals surface area contributed by atoms with Crippen LogP contribution in [0.3, 0.4) is 0 Å². The van der Waals surface area contributed by atoms with Gasteiger partial charge in [-0.05, 0) is 24.5 Å². The number of amides is 1. The molecule has 1 saturated carbocycles. The molecule has 24 heavy (non-hydrogen) atoms. The minimum atomic E-state index is -4.35. The molecule has 1 unspecified atom stereocenters. The molecule has 1 aliphatic heterocycles. The molecule has 2 fully saturated rings. The molecule has 3 rings (SSSR count). The van der Waals surface area contributed by atoms with E-state index in [2.05, 4.69) is 10.6 Å². The molecular weight excluding hydrogens is 321 g/mol. The van der Waals surface area contributed by atoms with E-state index in [1.54, 1.807) is 6.07 Å². The van der Waals surface area contributed by atoms with Crippen LogP contribution in [0.4, 0.5) is 13.2 Å². The molecule has 2 aliphatic rings. The fourth-order valence-corrected chi connectivity index (χ4v) is 3.31. The Morgan fingerprint density at radius 2 is 2.17 bits per heavy atom. The van der Waals surface area contributed by atoms with Crippen molar-refractivity contribution in [3.05, 3.63) is 35.4 Å². The maximum absolute atomic E-state index is 12.9. The van der Waals surface area contributed by atoms with Gasteiger partial charge in [0.25, 0.3) is 0 Å². The predicted octanol–water partition coefficient (Wildman–Crippen LogP) is 2.23. The molecule has 1 heterocycles. The fourth-order valence-electron chi connectivity index (χ4n) is 3.31. The van der Waals surface area contributed by atoms with Crippen molar-refractivity contribution in [3.63, 3.8) is 0 Å². The summed E-state index contributed by atoms with van der Waals surface area (Å²) in [6, 6.07) is 5.07. The van der Waals surface area contributed by atoms with Crippen molar-refractivity contribution >= 4 is 5.91 Å². The summed E-state index contributed by atoms with van der Waals surface area (Å²) in [5, 5.41) is 5.96. The average molecular weight is 342 g/mol. The van der Waals surface area contributed by atoms with E-state index in [0.29, 0.717) is 31.9 Å². The number of carbonyl (C=O) groups is 1.